The van der Waals surface area contributed by atoms with Crippen molar-refractivity contribution < 1.29 is 4.79 Å². The van der Waals surface area contributed by atoms with Crippen LogP contribution in [0.1, 0.15) is 20.5 Å². The first-order chi connectivity index (χ1) is 8.74. The monoisotopic (exact) mass is 301 g/mol. The van der Waals surface area contributed by atoms with Crippen LogP contribution in [-0.4, -0.2) is 25.3 Å². The Hall–Kier alpha value is -1.70. The average Bonchev–Trinajstić information content (AvgIpc) is 2.82. The third-order valence-electron chi connectivity index (χ3n) is 2.80. The van der Waals surface area contributed by atoms with Crippen molar-refractivity contribution in [3.8, 4) is 0 Å². The maximum atomic E-state index is 12.3. The van der Waals surface area contributed by atoms with E-state index in [0.29, 0.717) is 4.57 Å². The molecule has 88 valence electrons. The Morgan fingerprint density at radius 3 is 2.50 bits per heavy atom. The molecule has 0 saturated heterocycles. The van der Waals surface area contributed by atoms with Crippen LogP contribution in [-0.2, 0) is 0 Å². The molecule has 3 heteroatoms. The Bertz CT molecular complexity index is 680. The molecule has 0 radical (unpaired) electrons. The van der Waals surface area contributed by atoms with Gasteiger partial charge in [0.1, 0.15) is 0 Å². The van der Waals surface area contributed by atoms with Crippen molar-refractivity contribution in [3.05, 3.63) is 64.2 Å². The van der Waals surface area contributed by atoms with E-state index in [1.54, 1.807) is 0 Å². The minimum atomic E-state index is 0.0402. The predicted molar refractivity (Wildman–Crippen MR) is 73.3 cm³/mol. The molecule has 0 aliphatic carbocycles. The van der Waals surface area contributed by atoms with Crippen molar-refractivity contribution in [1.82, 2.24) is 4.98 Å². The number of benzene rings is 2. The van der Waals surface area contributed by atoms with E-state index in [1.165, 1.54) is 4.26 Å². The number of carbonyl (C=O) groups is 1. The second-order valence-electron chi connectivity index (χ2n) is 4.18. The molecule has 0 saturated carbocycles. The van der Waals surface area contributed by atoms with Crippen LogP contribution in [0.25, 0.3) is 9.78 Å². The quantitative estimate of drug-likeness (QED) is 0.538. The van der Waals surface area contributed by atoms with Gasteiger partial charge in [0.25, 0.3) is 0 Å². The van der Waals surface area contributed by atoms with Crippen LogP contribution in [0.4, 0.5) is 0 Å². The van der Waals surface area contributed by atoms with Gasteiger partial charge in [-0.15, -0.1) is 0 Å². The molecule has 2 aromatic carbocycles. The second-order valence-corrected chi connectivity index (χ2v) is 6.34. The fraction of sp³-hybridized carbons (Fsp3) is 0.0667. The minimum absolute atomic E-state index is 0.0402. The zero-order valence-electron chi connectivity index (χ0n) is 9.88. The fourth-order valence-corrected chi connectivity index (χ4v) is 3.74. The number of hydrogen-bond donors (Lipinski definition) is 0. The summed E-state index contributed by atoms with van der Waals surface area (Å²) >= 11 is 0.0402. The summed E-state index contributed by atoms with van der Waals surface area (Å²) < 4.78 is 1.90. The third kappa shape index (κ3) is 2.03. The number of hydrogen-bond acceptors (Lipinski definition) is 2. The van der Waals surface area contributed by atoms with Gasteiger partial charge in [0.15, 0.2) is 0 Å². The molecule has 0 spiro atoms. The summed E-state index contributed by atoms with van der Waals surface area (Å²) in [7, 11) is 0. The van der Waals surface area contributed by atoms with Crippen LogP contribution < -0.4 is 0 Å². The van der Waals surface area contributed by atoms with E-state index in [-0.39, 0.29) is 20.3 Å². The van der Waals surface area contributed by atoms with Gasteiger partial charge < -0.3 is 0 Å². The average molecular weight is 300 g/mol. The van der Waals surface area contributed by atoms with Crippen molar-refractivity contribution in [1.29, 1.82) is 0 Å². The number of ketones is 1. The summed E-state index contributed by atoms with van der Waals surface area (Å²) in [6.45, 7) is 2.02. The second kappa shape index (κ2) is 4.52. The molecule has 0 atom stereocenters. The molecular weight excluding hydrogens is 289 g/mol. The van der Waals surface area contributed by atoms with Crippen molar-refractivity contribution in [2.45, 2.75) is 6.92 Å². The molecule has 0 aliphatic heterocycles. The summed E-state index contributed by atoms with van der Waals surface area (Å²) in [5, 5.41) is 0. The Morgan fingerprint density at radius 1 is 1.06 bits per heavy atom. The van der Waals surface area contributed by atoms with Crippen molar-refractivity contribution in [3.63, 3.8) is 0 Å². The number of aromatic nitrogens is 1. The SMILES string of the molecule is Cc1ccc(C(=O)c2nc3ccccc3[se]2)cc1. The van der Waals surface area contributed by atoms with Crippen LogP contribution >= 0.6 is 0 Å². The number of rotatable bonds is 2. The summed E-state index contributed by atoms with van der Waals surface area (Å²) in [6.07, 6.45) is 0. The van der Waals surface area contributed by atoms with Gasteiger partial charge in [0.2, 0.25) is 0 Å². The van der Waals surface area contributed by atoms with Crippen molar-refractivity contribution in [2.75, 3.05) is 0 Å². The number of nitrogens with zero attached hydrogens (tertiary/aromatic N) is 1. The van der Waals surface area contributed by atoms with Crippen LogP contribution in [0.15, 0.2) is 48.5 Å². The predicted octanol–water partition coefficient (Wildman–Crippen LogP) is 2.83. The van der Waals surface area contributed by atoms with Crippen molar-refractivity contribution >= 4 is 30.1 Å². The molecule has 18 heavy (non-hydrogen) atoms. The Balaban J connectivity index is 2.03. The van der Waals surface area contributed by atoms with Gasteiger partial charge in [-0.05, 0) is 0 Å². The molecule has 0 fully saturated rings. The number of carbonyl (C=O) groups excluding carboxylic acids is 1. The van der Waals surface area contributed by atoms with E-state index in [1.807, 2.05) is 55.5 Å². The van der Waals surface area contributed by atoms with Crippen LogP contribution in [0.5, 0.6) is 0 Å². The van der Waals surface area contributed by atoms with Gasteiger partial charge in [0.05, 0.1) is 0 Å². The zero-order valence-corrected chi connectivity index (χ0v) is 11.6. The first-order valence-electron chi connectivity index (χ1n) is 5.71. The van der Waals surface area contributed by atoms with Crippen LogP contribution in [0, 0.1) is 6.92 Å². The van der Waals surface area contributed by atoms with Gasteiger partial charge in [-0.25, -0.2) is 0 Å². The Kier molecular flexibility index (Phi) is 2.86. The zero-order chi connectivity index (χ0) is 12.5. The molecule has 0 N–H and O–H groups in total. The first-order valence-corrected chi connectivity index (χ1v) is 7.42. The number of para-hydroxylation sites is 1. The summed E-state index contributed by atoms with van der Waals surface area (Å²) in [5.41, 5.74) is 2.84. The first kappa shape index (κ1) is 11.4. The van der Waals surface area contributed by atoms with E-state index >= 15 is 0 Å². The number of fused-ring (bicyclic) bond motifs is 1. The van der Waals surface area contributed by atoms with E-state index in [0.717, 1.165) is 16.6 Å². The molecule has 0 amide bonds. The summed E-state index contributed by atoms with van der Waals surface area (Å²) in [4.78, 5) is 16.8. The van der Waals surface area contributed by atoms with Gasteiger partial charge >= 0.3 is 111 Å². The molecule has 3 aromatic rings. The van der Waals surface area contributed by atoms with Crippen LogP contribution in [0.2, 0.25) is 0 Å². The van der Waals surface area contributed by atoms with Crippen molar-refractivity contribution in [2.24, 2.45) is 0 Å². The van der Waals surface area contributed by atoms with Gasteiger partial charge in [-0.3, -0.25) is 0 Å². The molecule has 1 aromatic heterocycles. The topological polar surface area (TPSA) is 30.0 Å². The van der Waals surface area contributed by atoms with E-state index in [4.69, 9.17) is 0 Å². The summed E-state index contributed by atoms with van der Waals surface area (Å²) in [5.74, 6) is 0.0613. The fourth-order valence-electron chi connectivity index (χ4n) is 1.80. The number of aryl methyl sites for hydroxylation is 1. The van der Waals surface area contributed by atoms with Gasteiger partial charge in [-0.1, -0.05) is 0 Å². The van der Waals surface area contributed by atoms with E-state index in [9.17, 15) is 4.79 Å². The van der Waals surface area contributed by atoms with Gasteiger partial charge in [-0.2, -0.15) is 0 Å². The third-order valence-corrected chi connectivity index (χ3v) is 4.97. The molecule has 0 bridgehead atoms. The Labute approximate surface area is 111 Å². The molecule has 0 unspecified atom stereocenters. The van der Waals surface area contributed by atoms with E-state index < -0.39 is 0 Å². The summed E-state index contributed by atoms with van der Waals surface area (Å²) in [6, 6.07) is 15.6. The van der Waals surface area contributed by atoms with Gasteiger partial charge in [0, 0.05) is 0 Å². The Morgan fingerprint density at radius 2 is 1.78 bits per heavy atom. The molecule has 1 heterocycles. The normalized spacial score (nSPS) is 10.7. The molecule has 3 rings (SSSR count). The molecular formula is C15H11NOSe. The maximum absolute atomic E-state index is 12.3. The van der Waals surface area contributed by atoms with Crippen LogP contribution in [0.3, 0.4) is 0 Å². The molecule has 2 nitrogen and oxygen atoms in total. The standard InChI is InChI=1S/C15H11NOSe/c1-10-6-8-11(9-7-10)14(17)15-16-12-4-2-3-5-13(12)18-15/h2-9H,1H3. The molecule has 0 aliphatic rings. The van der Waals surface area contributed by atoms with E-state index in [2.05, 4.69) is 4.98 Å².